The first-order chi connectivity index (χ1) is 12.1. The first-order valence-electron chi connectivity index (χ1n) is 9.64. The van der Waals surface area contributed by atoms with Gasteiger partial charge in [-0.1, -0.05) is 26.8 Å². The third kappa shape index (κ3) is 1.78. The number of hydrogen-bond acceptors (Lipinski definition) is 6. The van der Waals surface area contributed by atoms with E-state index in [1.54, 1.807) is 0 Å². The van der Waals surface area contributed by atoms with Crippen molar-refractivity contribution in [1.29, 1.82) is 0 Å². The molecular formula is C20H30O6. The van der Waals surface area contributed by atoms with Gasteiger partial charge in [-0.2, -0.15) is 0 Å². The van der Waals surface area contributed by atoms with Crippen LogP contribution in [0.2, 0.25) is 0 Å². The Morgan fingerprint density at radius 2 is 1.77 bits per heavy atom. The summed E-state index contributed by atoms with van der Waals surface area (Å²) in [5, 5.41) is 54.4. The maximum atomic E-state index is 13.2. The lowest BCUT2D eigenvalue weighted by molar-refractivity contribution is -0.281. The van der Waals surface area contributed by atoms with Gasteiger partial charge in [0.1, 0.15) is 0 Å². The van der Waals surface area contributed by atoms with E-state index in [1.165, 1.54) is 0 Å². The van der Waals surface area contributed by atoms with Gasteiger partial charge in [-0.25, -0.2) is 0 Å². The highest BCUT2D eigenvalue weighted by molar-refractivity contribution is 6.04. The van der Waals surface area contributed by atoms with Crippen molar-refractivity contribution in [1.82, 2.24) is 0 Å². The number of carbonyl (C=O) groups excluding carboxylic acids is 1. The van der Waals surface area contributed by atoms with E-state index in [2.05, 4.69) is 20.4 Å². The summed E-state index contributed by atoms with van der Waals surface area (Å²) in [5.74, 6) is -2.45. The van der Waals surface area contributed by atoms with E-state index in [0.29, 0.717) is 6.42 Å². The van der Waals surface area contributed by atoms with Crippen molar-refractivity contribution in [3.05, 3.63) is 12.2 Å². The Hall–Kier alpha value is -0.790. The lowest BCUT2D eigenvalue weighted by Gasteiger charge is -2.66. The van der Waals surface area contributed by atoms with E-state index in [-0.39, 0.29) is 29.9 Å². The Balaban J connectivity index is 1.97. The Morgan fingerprint density at radius 3 is 2.38 bits per heavy atom. The van der Waals surface area contributed by atoms with Gasteiger partial charge in [0.25, 0.3) is 0 Å². The molecule has 0 radical (unpaired) electrons. The van der Waals surface area contributed by atoms with Crippen molar-refractivity contribution in [2.75, 3.05) is 6.61 Å². The number of hydrogen-bond donors (Lipinski definition) is 5. The van der Waals surface area contributed by atoms with Gasteiger partial charge >= 0.3 is 0 Å². The van der Waals surface area contributed by atoms with E-state index >= 15 is 0 Å². The Morgan fingerprint density at radius 1 is 1.12 bits per heavy atom. The van der Waals surface area contributed by atoms with Crippen LogP contribution in [-0.4, -0.2) is 62.3 Å². The molecule has 0 aromatic rings. The molecule has 4 saturated carbocycles. The largest absolute Gasteiger partial charge is 0.396 e. The lowest BCUT2D eigenvalue weighted by Crippen LogP contribution is -2.73. The van der Waals surface area contributed by atoms with Crippen LogP contribution in [0.25, 0.3) is 0 Å². The first kappa shape index (κ1) is 18.6. The van der Waals surface area contributed by atoms with Crippen LogP contribution in [0, 0.1) is 34.0 Å². The predicted octanol–water partition coefficient (Wildman–Crippen LogP) is 0.01000. The van der Waals surface area contributed by atoms with Crippen molar-refractivity contribution >= 4 is 5.78 Å². The third-order valence-corrected chi connectivity index (χ3v) is 8.52. The van der Waals surface area contributed by atoms with Crippen LogP contribution in [0.5, 0.6) is 0 Å². The van der Waals surface area contributed by atoms with Crippen LogP contribution in [0.4, 0.5) is 0 Å². The summed E-state index contributed by atoms with van der Waals surface area (Å²) in [6.07, 6.45) is -2.43. The van der Waals surface area contributed by atoms with E-state index in [4.69, 9.17) is 0 Å². The molecule has 0 aliphatic heterocycles. The predicted molar refractivity (Wildman–Crippen MR) is 92.8 cm³/mol. The van der Waals surface area contributed by atoms with Gasteiger partial charge in [0.05, 0.1) is 29.8 Å². The van der Waals surface area contributed by atoms with Crippen LogP contribution < -0.4 is 0 Å². The minimum Gasteiger partial charge on any atom is -0.396 e. The van der Waals surface area contributed by atoms with Crippen molar-refractivity contribution in [3.63, 3.8) is 0 Å². The molecule has 4 aliphatic rings. The summed E-state index contributed by atoms with van der Waals surface area (Å²) < 4.78 is 0. The zero-order valence-electron chi connectivity index (χ0n) is 15.4. The maximum absolute atomic E-state index is 13.2. The van der Waals surface area contributed by atoms with Gasteiger partial charge in [-0.15, -0.1) is 0 Å². The number of carbonyl (C=O) groups is 1. The van der Waals surface area contributed by atoms with E-state index in [1.807, 2.05) is 0 Å². The van der Waals surface area contributed by atoms with Gasteiger partial charge in [0.2, 0.25) is 0 Å². The molecule has 26 heavy (non-hydrogen) atoms. The summed E-state index contributed by atoms with van der Waals surface area (Å²) >= 11 is 0. The maximum Gasteiger partial charge on any atom is 0.170 e. The second-order valence-corrected chi connectivity index (χ2v) is 9.75. The monoisotopic (exact) mass is 366 g/mol. The van der Waals surface area contributed by atoms with E-state index in [9.17, 15) is 30.3 Å². The molecule has 0 aromatic heterocycles. The normalized spacial score (nSPS) is 55.4. The highest BCUT2D eigenvalue weighted by Crippen LogP contribution is 2.70. The molecule has 0 unspecified atom stereocenters. The molecule has 0 amide bonds. The minimum absolute atomic E-state index is 0.0761. The van der Waals surface area contributed by atoms with Crippen molar-refractivity contribution in [2.45, 2.75) is 63.9 Å². The molecule has 0 aromatic carbocycles. The summed E-state index contributed by atoms with van der Waals surface area (Å²) in [5.41, 5.74) is -2.53. The van der Waals surface area contributed by atoms with Crippen LogP contribution in [0.3, 0.4) is 0 Å². The van der Waals surface area contributed by atoms with Crippen LogP contribution >= 0.6 is 0 Å². The van der Waals surface area contributed by atoms with Crippen molar-refractivity contribution in [3.8, 4) is 0 Å². The fraction of sp³-hybridized carbons (Fsp3) is 0.850. The zero-order valence-corrected chi connectivity index (χ0v) is 15.4. The van der Waals surface area contributed by atoms with Gasteiger partial charge in [-0.3, -0.25) is 4.79 Å². The summed E-state index contributed by atoms with van der Waals surface area (Å²) in [4.78, 5) is 13.2. The fourth-order valence-corrected chi connectivity index (χ4v) is 7.46. The van der Waals surface area contributed by atoms with Crippen LogP contribution in [-0.2, 0) is 4.79 Å². The molecule has 1 spiro atoms. The molecule has 4 fully saturated rings. The quantitative estimate of drug-likeness (QED) is 0.417. The van der Waals surface area contributed by atoms with E-state index < -0.39 is 52.9 Å². The van der Waals surface area contributed by atoms with Crippen molar-refractivity contribution in [2.24, 2.45) is 34.0 Å². The van der Waals surface area contributed by atoms with Crippen molar-refractivity contribution < 1.29 is 30.3 Å². The number of ketones is 1. The second-order valence-electron chi connectivity index (χ2n) is 9.75. The number of aliphatic hydroxyl groups excluding tert-OH is 5. The molecule has 6 nitrogen and oxygen atoms in total. The molecular weight excluding hydrogens is 336 g/mol. The van der Waals surface area contributed by atoms with Gasteiger partial charge < -0.3 is 25.5 Å². The average molecular weight is 366 g/mol. The zero-order chi connectivity index (χ0) is 19.2. The van der Waals surface area contributed by atoms with E-state index in [0.717, 1.165) is 12.8 Å². The first-order valence-corrected chi connectivity index (χ1v) is 9.64. The fourth-order valence-electron chi connectivity index (χ4n) is 7.46. The standard InChI is InChI=1S/C20H30O6/c1-9-12-13(23)14(24)15-19(8-21)6-4-5-18(2,3)10(19)7-11(22)20(15,16(9)25)17(12)26/h10-15,17,21-24,26H,1,4-8H2,2-3H3/t10-,11-,12-,13-,14+,15+,17-,19+,20-/m1/s1. The summed E-state index contributed by atoms with van der Waals surface area (Å²) in [6, 6.07) is 0. The SMILES string of the molecule is C=C1C(=O)[C@@]23[C@H](O)C[C@@H]4C(C)(C)CCC[C@@]4(CO)[C@@H]2[C@@H](O)[C@H](O)[C@@H]1[C@H]3O. The van der Waals surface area contributed by atoms with Crippen LogP contribution in [0.15, 0.2) is 12.2 Å². The molecule has 5 N–H and O–H groups in total. The number of rotatable bonds is 1. The molecule has 146 valence electrons. The number of aliphatic hydroxyl groups is 5. The summed E-state index contributed by atoms with van der Waals surface area (Å²) in [7, 11) is 0. The molecule has 2 bridgehead atoms. The molecule has 9 atom stereocenters. The van der Waals surface area contributed by atoms with Gasteiger partial charge in [0, 0.05) is 23.9 Å². The third-order valence-electron chi connectivity index (χ3n) is 8.52. The Bertz CT molecular complexity index is 659. The number of fused-ring (bicyclic) bond motifs is 3. The highest BCUT2D eigenvalue weighted by atomic mass is 16.3. The number of Topliss-reactive ketones (excluding diaryl/α,β-unsaturated/α-hetero) is 1. The Kier molecular flexibility index (Phi) is 3.85. The van der Waals surface area contributed by atoms with Gasteiger partial charge in [0.15, 0.2) is 5.78 Å². The lowest BCUT2D eigenvalue weighted by atomic mass is 9.38. The summed E-state index contributed by atoms with van der Waals surface area (Å²) in [6.45, 7) is 7.69. The molecule has 0 heterocycles. The topological polar surface area (TPSA) is 118 Å². The molecule has 4 aliphatic carbocycles. The van der Waals surface area contributed by atoms with Crippen LogP contribution in [0.1, 0.15) is 39.5 Å². The Labute approximate surface area is 153 Å². The molecule has 6 heteroatoms. The molecule has 0 saturated heterocycles. The smallest absolute Gasteiger partial charge is 0.170 e. The second kappa shape index (κ2) is 5.39. The molecule has 4 rings (SSSR count). The highest BCUT2D eigenvalue weighted by Gasteiger charge is 2.78. The van der Waals surface area contributed by atoms with Gasteiger partial charge in [-0.05, 0) is 36.2 Å². The minimum atomic E-state index is -1.59. The average Bonchev–Trinajstić information content (AvgIpc) is 2.73.